The van der Waals surface area contributed by atoms with E-state index in [1.54, 1.807) is 0 Å². The van der Waals surface area contributed by atoms with Gasteiger partial charge in [0.05, 0.1) is 30.7 Å². The zero-order valence-corrected chi connectivity index (χ0v) is 17.8. The highest BCUT2D eigenvalue weighted by Crippen LogP contribution is 2.30. The molecule has 0 spiro atoms. The number of aromatic amines is 1. The van der Waals surface area contributed by atoms with Crippen LogP contribution in [0.5, 0.6) is 5.75 Å². The summed E-state index contributed by atoms with van der Waals surface area (Å²) in [5, 5.41) is 11.7. The van der Waals surface area contributed by atoms with Crippen LogP contribution in [0.15, 0.2) is 42.7 Å². The SMILES string of the molecule is CCn1cc(CN2CCO[C@@H](c3cc(CCOc4ccc(C(F)(F)F)cc4)[nH]n3)C2)cn1. The van der Waals surface area contributed by atoms with E-state index in [0.717, 1.165) is 49.7 Å². The minimum atomic E-state index is -4.35. The average molecular weight is 449 g/mol. The molecule has 2 aromatic heterocycles. The molecule has 0 bridgehead atoms. The second-order valence-corrected chi connectivity index (χ2v) is 7.74. The van der Waals surface area contributed by atoms with E-state index in [1.807, 2.05) is 16.9 Å². The number of hydrogen-bond donors (Lipinski definition) is 1. The average Bonchev–Trinajstić information content (AvgIpc) is 3.43. The molecule has 172 valence electrons. The van der Waals surface area contributed by atoms with Crippen molar-refractivity contribution >= 4 is 0 Å². The molecule has 1 aliphatic heterocycles. The fourth-order valence-electron chi connectivity index (χ4n) is 3.64. The van der Waals surface area contributed by atoms with Gasteiger partial charge in [-0.25, -0.2) is 0 Å². The molecule has 0 unspecified atom stereocenters. The fourth-order valence-corrected chi connectivity index (χ4v) is 3.64. The highest BCUT2D eigenvalue weighted by molar-refractivity contribution is 5.28. The molecule has 32 heavy (non-hydrogen) atoms. The van der Waals surface area contributed by atoms with Gasteiger partial charge in [0.1, 0.15) is 11.9 Å². The highest BCUT2D eigenvalue weighted by Gasteiger charge is 2.30. The lowest BCUT2D eigenvalue weighted by Gasteiger charge is -2.31. The third-order valence-electron chi connectivity index (χ3n) is 5.37. The van der Waals surface area contributed by atoms with Crippen LogP contribution >= 0.6 is 0 Å². The van der Waals surface area contributed by atoms with Gasteiger partial charge < -0.3 is 9.47 Å². The lowest BCUT2D eigenvalue weighted by Crippen LogP contribution is -2.37. The lowest BCUT2D eigenvalue weighted by atomic mass is 10.1. The van der Waals surface area contributed by atoms with Crippen molar-refractivity contribution < 1.29 is 22.6 Å². The van der Waals surface area contributed by atoms with E-state index in [2.05, 4.69) is 33.3 Å². The first-order valence-corrected chi connectivity index (χ1v) is 10.6. The predicted octanol–water partition coefficient (Wildman–Crippen LogP) is 3.84. The van der Waals surface area contributed by atoms with Gasteiger partial charge in [-0.1, -0.05) is 0 Å². The molecule has 0 saturated carbocycles. The number of nitrogens with one attached hydrogen (secondary N) is 1. The van der Waals surface area contributed by atoms with Crippen LogP contribution in [0.4, 0.5) is 13.2 Å². The van der Waals surface area contributed by atoms with E-state index in [0.29, 0.717) is 25.4 Å². The zero-order valence-electron chi connectivity index (χ0n) is 17.8. The largest absolute Gasteiger partial charge is 0.493 e. The van der Waals surface area contributed by atoms with Crippen molar-refractivity contribution in [2.24, 2.45) is 0 Å². The molecular weight excluding hydrogens is 423 g/mol. The summed E-state index contributed by atoms with van der Waals surface area (Å²) in [6.45, 7) is 6.28. The summed E-state index contributed by atoms with van der Waals surface area (Å²) < 4.78 is 51.3. The Morgan fingerprint density at radius 2 is 2.06 bits per heavy atom. The Bertz CT molecular complexity index is 1000. The van der Waals surface area contributed by atoms with Crippen molar-refractivity contribution in [3.05, 3.63) is 65.2 Å². The highest BCUT2D eigenvalue weighted by atomic mass is 19.4. The third-order valence-corrected chi connectivity index (χ3v) is 5.37. The number of hydrogen-bond acceptors (Lipinski definition) is 5. The number of ether oxygens (including phenoxy) is 2. The second kappa shape index (κ2) is 9.74. The van der Waals surface area contributed by atoms with Crippen molar-refractivity contribution in [3.8, 4) is 5.75 Å². The van der Waals surface area contributed by atoms with Crippen molar-refractivity contribution in [1.29, 1.82) is 0 Å². The molecule has 3 heterocycles. The normalized spacial score (nSPS) is 17.6. The van der Waals surface area contributed by atoms with E-state index in [9.17, 15) is 13.2 Å². The number of alkyl halides is 3. The van der Waals surface area contributed by atoms with Gasteiger partial charge in [-0.2, -0.15) is 23.4 Å². The number of aromatic nitrogens is 4. The molecule has 0 radical (unpaired) electrons. The quantitative estimate of drug-likeness (QED) is 0.566. The summed E-state index contributed by atoms with van der Waals surface area (Å²) in [5.41, 5.74) is 2.21. The van der Waals surface area contributed by atoms with Crippen LogP contribution < -0.4 is 4.74 Å². The van der Waals surface area contributed by atoms with Gasteiger partial charge >= 0.3 is 6.18 Å². The minimum Gasteiger partial charge on any atom is -0.493 e. The fraction of sp³-hybridized carbons (Fsp3) is 0.455. The number of H-pyrrole nitrogens is 1. The summed E-state index contributed by atoms with van der Waals surface area (Å²) in [5.74, 6) is 0.399. The molecule has 3 aromatic rings. The first-order chi connectivity index (χ1) is 15.4. The van der Waals surface area contributed by atoms with Gasteiger partial charge in [-0.05, 0) is 37.3 Å². The van der Waals surface area contributed by atoms with E-state index < -0.39 is 11.7 Å². The number of aryl methyl sites for hydroxylation is 1. The minimum absolute atomic E-state index is 0.120. The molecule has 1 fully saturated rings. The summed E-state index contributed by atoms with van der Waals surface area (Å²) in [7, 11) is 0. The van der Waals surface area contributed by atoms with Gasteiger partial charge in [0.25, 0.3) is 0 Å². The molecule has 10 heteroatoms. The van der Waals surface area contributed by atoms with Gasteiger partial charge in [0, 0.05) is 50.1 Å². The summed E-state index contributed by atoms with van der Waals surface area (Å²) in [6, 6.07) is 6.65. The first-order valence-electron chi connectivity index (χ1n) is 10.6. The summed E-state index contributed by atoms with van der Waals surface area (Å²) >= 11 is 0. The Kier molecular flexibility index (Phi) is 6.80. The Labute approximate surface area is 184 Å². The van der Waals surface area contributed by atoms with Crippen LogP contribution in [0.3, 0.4) is 0 Å². The van der Waals surface area contributed by atoms with Crippen molar-refractivity contribution in [2.45, 2.75) is 38.7 Å². The number of benzene rings is 1. The van der Waals surface area contributed by atoms with E-state index in [1.165, 1.54) is 17.7 Å². The van der Waals surface area contributed by atoms with Gasteiger partial charge in [0.2, 0.25) is 0 Å². The van der Waals surface area contributed by atoms with E-state index >= 15 is 0 Å². The smallest absolute Gasteiger partial charge is 0.416 e. The molecule has 0 aliphatic carbocycles. The van der Waals surface area contributed by atoms with E-state index in [-0.39, 0.29) is 6.10 Å². The molecule has 1 N–H and O–H groups in total. The Morgan fingerprint density at radius 3 is 2.78 bits per heavy atom. The maximum absolute atomic E-state index is 12.6. The zero-order chi connectivity index (χ0) is 22.6. The van der Waals surface area contributed by atoms with Crippen LogP contribution in [-0.2, 0) is 30.4 Å². The van der Waals surface area contributed by atoms with E-state index in [4.69, 9.17) is 9.47 Å². The second-order valence-electron chi connectivity index (χ2n) is 7.74. The molecule has 1 saturated heterocycles. The number of morpholine rings is 1. The molecule has 1 aliphatic rings. The molecule has 4 rings (SSSR count). The van der Waals surface area contributed by atoms with Crippen LogP contribution in [-0.4, -0.2) is 51.2 Å². The third kappa shape index (κ3) is 5.68. The Morgan fingerprint density at radius 1 is 1.25 bits per heavy atom. The lowest BCUT2D eigenvalue weighted by molar-refractivity contribution is -0.137. The first kappa shape index (κ1) is 22.3. The van der Waals surface area contributed by atoms with Gasteiger partial charge in [-0.3, -0.25) is 14.7 Å². The van der Waals surface area contributed by atoms with Gasteiger partial charge in [-0.15, -0.1) is 0 Å². The topological polar surface area (TPSA) is 68.2 Å². The molecule has 7 nitrogen and oxygen atoms in total. The molecular formula is C22H26F3N5O2. The van der Waals surface area contributed by atoms with Crippen LogP contribution in [0.2, 0.25) is 0 Å². The van der Waals surface area contributed by atoms with Crippen LogP contribution in [0.25, 0.3) is 0 Å². The summed E-state index contributed by atoms with van der Waals surface area (Å²) in [4.78, 5) is 2.33. The molecule has 1 atom stereocenters. The maximum atomic E-state index is 12.6. The Hall–Kier alpha value is -2.85. The van der Waals surface area contributed by atoms with Crippen molar-refractivity contribution in [3.63, 3.8) is 0 Å². The van der Waals surface area contributed by atoms with Crippen LogP contribution in [0, 0.1) is 0 Å². The summed E-state index contributed by atoms with van der Waals surface area (Å²) in [6.07, 6.45) is 0.0518. The number of rotatable bonds is 8. The number of nitrogens with zero attached hydrogens (tertiary/aromatic N) is 4. The molecule has 1 aromatic carbocycles. The van der Waals surface area contributed by atoms with Crippen molar-refractivity contribution in [1.82, 2.24) is 24.9 Å². The van der Waals surface area contributed by atoms with Crippen LogP contribution in [0.1, 0.15) is 35.5 Å². The predicted molar refractivity (Wildman–Crippen MR) is 111 cm³/mol. The number of halogens is 3. The standard InChI is InChI=1S/C22H26F3N5O2/c1-2-30-14-16(12-26-30)13-29-8-10-32-21(15-29)20-11-18(27-28-20)7-9-31-19-5-3-17(4-6-19)22(23,24)25/h3-6,11-12,14,21H,2,7-10,13,15H2,1H3,(H,27,28)/t21-/m1/s1. The van der Waals surface area contributed by atoms with Gasteiger partial charge in [0.15, 0.2) is 0 Å². The van der Waals surface area contributed by atoms with Crippen molar-refractivity contribution in [2.75, 3.05) is 26.3 Å². The monoisotopic (exact) mass is 449 g/mol. The Balaban J connectivity index is 1.26. The molecule has 0 amide bonds. The maximum Gasteiger partial charge on any atom is 0.416 e.